The molecular weight excluding hydrogens is 374 g/mol. The number of thiazole rings is 1. The molecule has 28 heavy (non-hydrogen) atoms. The lowest BCUT2D eigenvalue weighted by atomic mass is 9.99. The van der Waals surface area contributed by atoms with Crippen LogP contribution in [0.3, 0.4) is 0 Å². The monoisotopic (exact) mass is 402 g/mol. The van der Waals surface area contributed by atoms with Crippen LogP contribution in [0.5, 0.6) is 5.88 Å². The number of amides is 1. The van der Waals surface area contributed by atoms with Crippen molar-refractivity contribution < 1.29 is 14.3 Å². The van der Waals surface area contributed by atoms with Crippen molar-refractivity contribution in [2.45, 2.75) is 44.6 Å². The van der Waals surface area contributed by atoms with E-state index >= 15 is 0 Å². The number of carbonyl (C=O) groups is 1. The maximum Gasteiger partial charge on any atom is 0.270 e. The molecule has 1 aliphatic heterocycles. The lowest BCUT2D eigenvalue weighted by Crippen LogP contribution is -2.29. The molecule has 6 nitrogen and oxygen atoms in total. The Morgan fingerprint density at radius 2 is 2.21 bits per heavy atom. The summed E-state index contributed by atoms with van der Waals surface area (Å²) in [7, 11) is 0.0794. The van der Waals surface area contributed by atoms with E-state index in [-0.39, 0.29) is 22.5 Å². The molecule has 1 aliphatic carbocycles. The highest BCUT2D eigenvalue weighted by Gasteiger charge is 2.26. The van der Waals surface area contributed by atoms with E-state index in [0.29, 0.717) is 30.6 Å². The fraction of sp³-hybridized carbons (Fsp3) is 0.571. The number of carbonyl (C=O) groups excluding carboxylic acids is 1. The van der Waals surface area contributed by atoms with E-state index < -0.39 is 0 Å². The highest BCUT2D eigenvalue weighted by molar-refractivity contribution is 7.27. The zero-order chi connectivity index (χ0) is 19.3. The second kappa shape index (κ2) is 9.01. The number of nitrogens with one attached hydrogen (secondary N) is 1. The number of hydrogen-bond donors (Lipinski definition) is 1. The molecule has 2 unspecified atom stereocenters. The molecule has 1 saturated carbocycles. The Kier molecular flexibility index (Phi) is 6.22. The lowest BCUT2D eigenvalue weighted by Gasteiger charge is -2.24. The number of hydrogen-bond acceptors (Lipinski definition) is 5. The van der Waals surface area contributed by atoms with Crippen LogP contribution in [0.25, 0.3) is 0 Å². The Morgan fingerprint density at radius 1 is 1.32 bits per heavy atom. The van der Waals surface area contributed by atoms with Crippen molar-refractivity contribution in [1.82, 2.24) is 15.3 Å². The van der Waals surface area contributed by atoms with E-state index in [4.69, 9.17) is 9.47 Å². The zero-order valence-corrected chi connectivity index (χ0v) is 17.2. The lowest BCUT2D eigenvalue weighted by molar-refractivity contribution is 0.0140. The molecule has 0 aromatic carbocycles. The van der Waals surface area contributed by atoms with Crippen LogP contribution < -0.4 is 10.1 Å². The molecule has 0 bridgehead atoms. The summed E-state index contributed by atoms with van der Waals surface area (Å²) < 4.78 is 11.7. The molecule has 0 spiro atoms. The van der Waals surface area contributed by atoms with E-state index in [1.807, 2.05) is 18.3 Å². The first-order chi connectivity index (χ1) is 13.7. The molecule has 150 valence electrons. The van der Waals surface area contributed by atoms with Crippen LogP contribution in [0.1, 0.15) is 59.3 Å². The molecule has 2 fully saturated rings. The van der Waals surface area contributed by atoms with Gasteiger partial charge in [-0.15, -0.1) is 0 Å². The third-order valence-electron chi connectivity index (χ3n) is 5.29. The molecule has 1 N–H and O–H groups in total. The van der Waals surface area contributed by atoms with E-state index in [1.165, 1.54) is 12.8 Å². The summed E-state index contributed by atoms with van der Waals surface area (Å²) in [5, 5.41) is 6.24. The fourth-order valence-corrected chi connectivity index (χ4v) is 4.46. The second-order valence-electron chi connectivity index (χ2n) is 7.57. The smallest absolute Gasteiger partial charge is 0.270 e. The molecule has 7 heteroatoms. The Bertz CT molecular complexity index is 813. The van der Waals surface area contributed by atoms with Crippen molar-refractivity contribution in [3.05, 3.63) is 40.0 Å². The molecule has 2 aliphatic rings. The minimum Gasteiger partial charge on any atom is -0.477 e. The molecular formula is C21H28N3O3S+. The van der Waals surface area contributed by atoms with Crippen molar-refractivity contribution in [2.75, 3.05) is 19.8 Å². The quantitative estimate of drug-likeness (QED) is 0.681. The summed E-state index contributed by atoms with van der Waals surface area (Å²) in [5.74, 6) is 1.00. The van der Waals surface area contributed by atoms with Gasteiger partial charge in [0.15, 0.2) is 5.38 Å². The van der Waals surface area contributed by atoms with Crippen molar-refractivity contribution in [3.8, 4) is 5.88 Å². The van der Waals surface area contributed by atoms with Crippen molar-refractivity contribution in [1.29, 1.82) is 0 Å². The number of rotatable bonds is 8. The Labute approximate surface area is 168 Å². The van der Waals surface area contributed by atoms with Crippen molar-refractivity contribution in [3.63, 3.8) is 0 Å². The van der Waals surface area contributed by atoms with Crippen molar-refractivity contribution >= 4 is 16.4 Å². The summed E-state index contributed by atoms with van der Waals surface area (Å²) in [5.41, 5.74) is 1.30. The molecule has 0 radical (unpaired) electrons. The second-order valence-corrected chi connectivity index (χ2v) is 9.43. The molecule has 3 heterocycles. The number of ether oxygens (including phenoxy) is 2. The van der Waals surface area contributed by atoms with Gasteiger partial charge in [-0.3, -0.25) is 4.79 Å². The van der Waals surface area contributed by atoms with E-state index in [1.54, 1.807) is 0 Å². The third kappa shape index (κ3) is 4.89. The van der Waals surface area contributed by atoms with Crippen LogP contribution in [-0.2, 0) is 17.4 Å². The Balaban J connectivity index is 1.46. The maximum atomic E-state index is 12.9. The largest absolute Gasteiger partial charge is 0.477 e. The average molecular weight is 403 g/mol. The Morgan fingerprint density at radius 3 is 2.93 bits per heavy atom. The van der Waals surface area contributed by atoms with Crippen LogP contribution in [0.2, 0.25) is 0 Å². The van der Waals surface area contributed by atoms with Gasteiger partial charge >= 0.3 is 0 Å². The number of nitrogens with zero attached hydrogens (tertiary/aromatic N) is 2. The summed E-state index contributed by atoms with van der Waals surface area (Å²) >= 11 is 0. The third-order valence-corrected chi connectivity index (χ3v) is 6.87. The highest BCUT2D eigenvalue weighted by Crippen LogP contribution is 2.32. The van der Waals surface area contributed by atoms with E-state index in [0.717, 1.165) is 42.9 Å². The molecule has 4 rings (SSSR count). The fourth-order valence-electron chi connectivity index (χ4n) is 3.41. The molecule has 1 amide bonds. The standard InChI is InChI=1S/C21H27N3O3S/c1-28-13-11-22-19(28)9-10-23-21(25)20-16(17-4-2-3-12-26-17)7-8-18(24-20)27-14-15-5-6-15/h7-8,11,13,15,17H,2-6,9-10,12,14H2,1H3/p+1. The summed E-state index contributed by atoms with van der Waals surface area (Å²) in [4.78, 5) is 21.9. The summed E-state index contributed by atoms with van der Waals surface area (Å²) in [6, 6.07) is 3.82. The summed E-state index contributed by atoms with van der Waals surface area (Å²) in [6.07, 6.45) is 10.2. The molecule has 2 atom stereocenters. The van der Waals surface area contributed by atoms with E-state index in [2.05, 4.69) is 26.9 Å². The summed E-state index contributed by atoms with van der Waals surface area (Å²) in [6.45, 7) is 1.97. The van der Waals surface area contributed by atoms with Gasteiger partial charge in [-0.1, -0.05) is 0 Å². The van der Waals surface area contributed by atoms with Crippen molar-refractivity contribution in [2.24, 2.45) is 12.2 Å². The maximum absolute atomic E-state index is 12.9. The van der Waals surface area contributed by atoms with Gasteiger partial charge in [0.05, 0.1) is 25.3 Å². The predicted octanol–water partition coefficient (Wildman–Crippen LogP) is 3.77. The van der Waals surface area contributed by atoms with Gasteiger partial charge in [0, 0.05) is 24.8 Å². The number of aromatic nitrogens is 2. The minimum absolute atomic E-state index is 0.0654. The van der Waals surface area contributed by atoms with Gasteiger partial charge in [0.1, 0.15) is 11.9 Å². The van der Waals surface area contributed by atoms with Gasteiger partial charge in [-0.05, 0) is 54.6 Å². The SMILES string of the molecule is C[s+]1ccnc1CCNC(=O)c1nc(OCC2CC2)ccc1C1CCCCO1. The first-order valence-corrected chi connectivity index (χ1v) is 11.8. The van der Waals surface area contributed by atoms with Gasteiger partial charge in [0.2, 0.25) is 10.9 Å². The van der Waals surface area contributed by atoms with Crippen LogP contribution in [0, 0.1) is 5.92 Å². The van der Waals surface area contributed by atoms with E-state index in [9.17, 15) is 4.79 Å². The zero-order valence-electron chi connectivity index (χ0n) is 16.4. The minimum atomic E-state index is -0.163. The first-order valence-electron chi connectivity index (χ1n) is 10.1. The van der Waals surface area contributed by atoms with Gasteiger partial charge in [-0.25, -0.2) is 9.97 Å². The first kappa shape index (κ1) is 19.3. The number of aryl methyl sites for hydroxylation is 1. The highest BCUT2D eigenvalue weighted by atomic mass is 32.2. The molecule has 2 aromatic heterocycles. The van der Waals surface area contributed by atoms with Crippen LogP contribution >= 0.6 is 10.5 Å². The topological polar surface area (TPSA) is 73.3 Å². The van der Waals surface area contributed by atoms with Crippen LogP contribution in [-0.4, -0.2) is 35.6 Å². The normalized spacial score (nSPS) is 20.0. The van der Waals surface area contributed by atoms with Gasteiger partial charge < -0.3 is 14.8 Å². The van der Waals surface area contributed by atoms with Crippen LogP contribution in [0.15, 0.2) is 23.7 Å². The molecule has 2 aromatic rings. The molecule has 1 saturated heterocycles. The average Bonchev–Trinajstić information content (AvgIpc) is 3.48. The number of pyridine rings is 1. The van der Waals surface area contributed by atoms with Gasteiger partial charge in [-0.2, -0.15) is 0 Å². The Hall–Kier alpha value is -1.99. The predicted molar refractivity (Wildman–Crippen MR) is 109 cm³/mol. The van der Waals surface area contributed by atoms with Gasteiger partial charge in [0.25, 0.3) is 5.91 Å². The van der Waals surface area contributed by atoms with Crippen LogP contribution in [0.4, 0.5) is 0 Å².